The van der Waals surface area contributed by atoms with E-state index in [1.54, 1.807) is 31.6 Å². The lowest BCUT2D eigenvalue weighted by molar-refractivity contribution is 0.102. The summed E-state index contributed by atoms with van der Waals surface area (Å²) in [6.45, 7) is 0. The SMILES string of the molecule is COc1ccc(-c2cc(-c3cccnc3)nc(SCC(=O)c3ccccc3)c2C#N)cc1. The van der Waals surface area contributed by atoms with Crippen molar-refractivity contribution in [1.82, 2.24) is 9.97 Å². The second kappa shape index (κ2) is 9.90. The number of carbonyl (C=O) groups excluding carboxylic acids is 1. The molecule has 4 aromatic rings. The summed E-state index contributed by atoms with van der Waals surface area (Å²) in [6, 6.07) is 24.6. The largest absolute Gasteiger partial charge is 0.497 e. The molecule has 0 atom stereocenters. The number of nitrogens with zero attached hydrogens (tertiary/aromatic N) is 3. The highest BCUT2D eigenvalue weighted by atomic mass is 32.2. The van der Waals surface area contributed by atoms with Crippen molar-refractivity contribution in [1.29, 1.82) is 5.26 Å². The van der Waals surface area contributed by atoms with Gasteiger partial charge < -0.3 is 4.74 Å². The lowest BCUT2D eigenvalue weighted by Crippen LogP contribution is -2.04. The number of thioether (sulfide) groups is 1. The van der Waals surface area contributed by atoms with Crippen molar-refractivity contribution in [2.24, 2.45) is 0 Å². The number of carbonyl (C=O) groups is 1. The molecule has 4 rings (SSSR count). The molecule has 0 fully saturated rings. The number of rotatable bonds is 7. The third-order valence-electron chi connectivity index (χ3n) is 4.89. The number of ketones is 1. The summed E-state index contributed by atoms with van der Waals surface area (Å²) in [5.74, 6) is 0.903. The van der Waals surface area contributed by atoms with Gasteiger partial charge in [-0.3, -0.25) is 9.78 Å². The van der Waals surface area contributed by atoms with Gasteiger partial charge in [-0.25, -0.2) is 4.98 Å². The van der Waals surface area contributed by atoms with Gasteiger partial charge in [0.15, 0.2) is 5.78 Å². The molecule has 0 spiro atoms. The number of benzene rings is 2. The van der Waals surface area contributed by atoms with Crippen LogP contribution >= 0.6 is 11.8 Å². The molecule has 5 nitrogen and oxygen atoms in total. The molecule has 0 aliphatic rings. The van der Waals surface area contributed by atoms with Gasteiger partial charge in [-0.05, 0) is 35.9 Å². The van der Waals surface area contributed by atoms with Crippen molar-refractivity contribution in [3.8, 4) is 34.2 Å². The smallest absolute Gasteiger partial charge is 0.173 e. The van der Waals surface area contributed by atoms with E-state index in [1.807, 2.05) is 60.7 Å². The number of pyridine rings is 2. The van der Waals surface area contributed by atoms with Crippen LogP contribution in [-0.4, -0.2) is 28.6 Å². The molecular formula is C26H19N3O2S. The van der Waals surface area contributed by atoms with E-state index in [1.165, 1.54) is 11.8 Å². The first-order valence-electron chi connectivity index (χ1n) is 9.90. The second-order valence-corrected chi connectivity index (χ2v) is 7.86. The van der Waals surface area contributed by atoms with E-state index in [-0.39, 0.29) is 11.5 Å². The number of hydrogen-bond donors (Lipinski definition) is 0. The van der Waals surface area contributed by atoms with Crippen LogP contribution in [0.4, 0.5) is 0 Å². The quantitative estimate of drug-likeness (QED) is 0.274. The van der Waals surface area contributed by atoms with E-state index in [0.717, 1.165) is 22.4 Å². The van der Waals surface area contributed by atoms with E-state index >= 15 is 0 Å². The average molecular weight is 438 g/mol. The van der Waals surface area contributed by atoms with Crippen molar-refractivity contribution in [3.05, 3.63) is 96.3 Å². The van der Waals surface area contributed by atoms with Crippen LogP contribution in [0.25, 0.3) is 22.4 Å². The van der Waals surface area contributed by atoms with Crippen molar-refractivity contribution in [2.45, 2.75) is 5.03 Å². The standard InChI is InChI=1S/C26H19N3O2S/c1-31-21-11-9-18(10-12-21)22-14-24(20-8-5-13-28-16-20)29-26(23(22)15-27)32-17-25(30)19-6-3-2-4-7-19/h2-14,16H,17H2,1H3. The van der Waals surface area contributed by atoms with E-state index in [2.05, 4.69) is 11.1 Å². The highest BCUT2D eigenvalue weighted by Crippen LogP contribution is 2.35. The third-order valence-corrected chi connectivity index (χ3v) is 5.87. The minimum Gasteiger partial charge on any atom is -0.497 e. The van der Waals surface area contributed by atoms with Gasteiger partial charge in [-0.15, -0.1) is 0 Å². The molecule has 156 valence electrons. The molecule has 32 heavy (non-hydrogen) atoms. The fraction of sp³-hybridized carbons (Fsp3) is 0.0769. The Morgan fingerprint density at radius 2 is 1.81 bits per heavy atom. The Labute approximate surface area is 190 Å². The highest BCUT2D eigenvalue weighted by Gasteiger charge is 2.17. The summed E-state index contributed by atoms with van der Waals surface area (Å²) < 4.78 is 5.26. The highest BCUT2D eigenvalue weighted by molar-refractivity contribution is 8.00. The minimum atomic E-state index is -0.0148. The van der Waals surface area contributed by atoms with Gasteiger partial charge in [-0.2, -0.15) is 5.26 Å². The Balaban J connectivity index is 1.77. The van der Waals surface area contributed by atoms with Crippen molar-refractivity contribution >= 4 is 17.5 Å². The zero-order valence-corrected chi connectivity index (χ0v) is 18.2. The van der Waals surface area contributed by atoms with E-state index in [4.69, 9.17) is 9.72 Å². The zero-order valence-electron chi connectivity index (χ0n) is 17.4. The van der Waals surface area contributed by atoms with Crippen molar-refractivity contribution < 1.29 is 9.53 Å². The van der Waals surface area contributed by atoms with Gasteiger partial charge in [0.25, 0.3) is 0 Å². The Hall–Kier alpha value is -3.95. The maximum atomic E-state index is 12.6. The Morgan fingerprint density at radius 1 is 1.03 bits per heavy atom. The molecule has 0 N–H and O–H groups in total. The van der Waals surface area contributed by atoms with Crippen LogP contribution in [0.1, 0.15) is 15.9 Å². The van der Waals surface area contributed by atoms with Gasteiger partial charge >= 0.3 is 0 Å². The molecule has 0 saturated carbocycles. The summed E-state index contributed by atoms with van der Waals surface area (Å²) >= 11 is 1.27. The molecule has 0 aliphatic carbocycles. The Bertz CT molecular complexity index is 1270. The lowest BCUT2D eigenvalue weighted by Gasteiger charge is -2.13. The molecule has 0 aliphatic heterocycles. The molecule has 0 saturated heterocycles. The van der Waals surface area contributed by atoms with E-state index < -0.39 is 0 Å². The number of aromatic nitrogens is 2. The lowest BCUT2D eigenvalue weighted by atomic mass is 9.99. The number of hydrogen-bond acceptors (Lipinski definition) is 6. The summed E-state index contributed by atoms with van der Waals surface area (Å²) in [5, 5.41) is 10.5. The first-order chi connectivity index (χ1) is 15.7. The molecule has 2 aromatic carbocycles. The van der Waals surface area contributed by atoms with Crippen molar-refractivity contribution in [2.75, 3.05) is 12.9 Å². The van der Waals surface area contributed by atoms with Crippen LogP contribution in [0, 0.1) is 11.3 Å². The summed E-state index contributed by atoms with van der Waals surface area (Å²) in [6.07, 6.45) is 3.43. The summed E-state index contributed by atoms with van der Waals surface area (Å²) in [7, 11) is 1.61. The van der Waals surface area contributed by atoms with Gasteiger partial charge in [-0.1, -0.05) is 54.2 Å². The van der Waals surface area contributed by atoms with Gasteiger partial charge in [0.2, 0.25) is 0 Å². The third kappa shape index (κ3) is 4.69. The topological polar surface area (TPSA) is 75.9 Å². The Kier molecular flexibility index (Phi) is 6.59. The number of nitriles is 1. The van der Waals surface area contributed by atoms with Crippen LogP contribution in [0.15, 0.2) is 90.2 Å². The molecule has 0 radical (unpaired) electrons. The van der Waals surface area contributed by atoms with Crippen LogP contribution in [-0.2, 0) is 0 Å². The average Bonchev–Trinajstić information content (AvgIpc) is 2.87. The summed E-state index contributed by atoms with van der Waals surface area (Å²) in [4.78, 5) is 21.6. The van der Waals surface area contributed by atoms with Crippen molar-refractivity contribution in [3.63, 3.8) is 0 Å². The van der Waals surface area contributed by atoms with Crippen LogP contribution in [0.3, 0.4) is 0 Å². The number of ether oxygens (including phenoxy) is 1. The first kappa shape index (κ1) is 21.3. The first-order valence-corrected chi connectivity index (χ1v) is 10.9. The number of Topliss-reactive ketones (excluding diaryl/α,β-unsaturated/α-hetero) is 1. The predicted molar refractivity (Wildman–Crippen MR) is 126 cm³/mol. The monoisotopic (exact) mass is 437 g/mol. The van der Waals surface area contributed by atoms with Gasteiger partial charge in [0.1, 0.15) is 16.8 Å². The molecule has 2 heterocycles. The Morgan fingerprint density at radius 3 is 2.47 bits per heavy atom. The second-order valence-electron chi connectivity index (χ2n) is 6.90. The van der Waals surface area contributed by atoms with Crippen LogP contribution in [0.5, 0.6) is 5.75 Å². The normalized spacial score (nSPS) is 10.4. The van der Waals surface area contributed by atoms with Gasteiger partial charge in [0, 0.05) is 29.1 Å². The molecule has 0 amide bonds. The zero-order chi connectivity index (χ0) is 22.3. The van der Waals surface area contributed by atoms with Gasteiger partial charge in [0.05, 0.1) is 24.1 Å². The van der Waals surface area contributed by atoms with E-state index in [0.29, 0.717) is 21.8 Å². The fourth-order valence-electron chi connectivity index (χ4n) is 3.24. The maximum absolute atomic E-state index is 12.6. The molecule has 6 heteroatoms. The van der Waals surface area contributed by atoms with Crippen LogP contribution in [0.2, 0.25) is 0 Å². The fourth-order valence-corrected chi connectivity index (χ4v) is 4.13. The maximum Gasteiger partial charge on any atom is 0.173 e. The van der Waals surface area contributed by atoms with Crippen LogP contribution < -0.4 is 4.74 Å². The predicted octanol–water partition coefficient (Wildman–Crippen LogP) is 5.67. The minimum absolute atomic E-state index is 0.0148. The molecule has 0 bridgehead atoms. The molecular weight excluding hydrogens is 418 g/mol. The summed E-state index contributed by atoms with van der Waals surface area (Å²) in [5.41, 5.74) is 4.22. The number of methoxy groups -OCH3 is 1. The van der Waals surface area contributed by atoms with E-state index in [9.17, 15) is 10.1 Å². The molecule has 0 unspecified atom stereocenters. The molecule has 2 aromatic heterocycles.